The van der Waals surface area contributed by atoms with Gasteiger partial charge in [0.25, 0.3) is 5.82 Å². The summed E-state index contributed by atoms with van der Waals surface area (Å²) in [5.74, 6) is 1.12. The molecule has 0 fully saturated rings. The van der Waals surface area contributed by atoms with Gasteiger partial charge in [-0.2, -0.15) is 0 Å². The van der Waals surface area contributed by atoms with E-state index in [9.17, 15) is 0 Å². The zero-order valence-corrected chi connectivity index (χ0v) is 8.03. The summed E-state index contributed by atoms with van der Waals surface area (Å²) in [6.07, 6.45) is 4.71. The predicted octanol–water partition coefficient (Wildman–Crippen LogP) is 0.355. The van der Waals surface area contributed by atoms with Crippen molar-refractivity contribution < 1.29 is 10.7 Å². The van der Waals surface area contributed by atoms with Crippen LogP contribution in [0.5, 0.6) is 0 Å². The zero-order chi connectivity index (χ0) is 9.80. The highest BCUT2D eigenvalue weighted by molar-refractivity contribution is 5.17. The standard InChI is InChI=1S/C11H13N3/c12-10(8-11-13-6-7-14-11)9-4-2-1-3-5-9/h1-7,10H,8,12H2,(H,13,14)/p+2/t10-/m1/s1. The lowest BCUT2D eigenvalue weighted by atomic mass is 10.0. The minimum absolute atomic E-state index is 0.297. The molecule has 0 bridgehead atoms. The van der Waals surface area contributed by atoms with Gasteiger partial charge < -0.3 is 5.73 Å². The van der Waals surface area contributed by atoms with E-state index in [-0.39, 0.29) is 0 Å². The summed E-state index contributed by atoms with van der Waals surface area (Å²) in [7, 11) is 0. The summed E-state index contributed by atoms with van der Waals surface area (Å²) in [5.41, 5.74) is 5.42. The van der Waals surface area contributed by atoms with Crippen LogP contribution >= 0.6 is 0 Å². The SMILES string of the molecule is [NH3+][C@H](Cc1[nH]cc[nH+]1)c1ccccc1. The van der Waals surface area contributed by atoms with Crippen LogP contribution in [0.1, 0.15) is 17.4 Å². The van der Waals surface area contributed by atoms with Crippen molar-refractivity contribution in [3.63, 3.8) is 0 Å². The van der Waals surface area contributed by atoms with E-state index in [0.717, 1.165) is 12.2 Å². The van der Waals surface area contributed by atoms with Crippen LogP contribution in [0.25, 0.3) is 0 Å². The van der Waals surface area contributed by atoms with Crippen molar-refractivity contribution >= 4 is 0 Å². The predicted molar refractivity (Wildman–Crippen MR) is 53.1 cm³/mol. The first-order valence-corrected chi connectivity index (χ1v) is 4.78. The molecular weight excluding hydrogens is 174 g/mol. The maximum absolute atomic E-state index is 4.14. The third-order valence-electron chi connectivity index (χ3n) is 2.32. The van der Waals surface area contributed by atoms with Crippen LogP contribution in [-0.2, 0) is 6.42 Å². The Kier molecular flexibility index (Phi) is 2.60. The summed E-state index contributed by atoms with van der Waals surface area (Å²) in [6.45, 7) is 0. The lowest BCUT2D eigenvalue weighted by Gasteiger charge is -2.04. The van der Waals surface area contributed by atoms with Gasteiger partial charge >= 0.3 is 0 Å². The number of rotatable bonds is 3. The number of imidazole rings is 1. The van der Waals surface area contributed by atoms with Gasteiger partial charge in [0.15, 0.2) is 0 Å². The minimum atomic E-state index is 0.297. The molecule has 1 aromatic heterocycles. The molecule has 0 aliphatic rings. The van der Waals surface area contributed by atoms with E-state index in [1.54, 1.807) is 0 Å². The molecule has 14 heavy (non-hydrogen) atoms. The molecule has 0 amide bonds. The molecular formula is C11H15N3+2. The average molecular weight is 189 g/mol. The monoisotopic (exact) mass is 189 g/mol. The Balaban J connectivity index is 2.07. The fourth-order valence-corrected chi connectivity index (χ4v) is 1.53. The molecule has 72 valence electrons. The molecule has 3 heteroatoms. The van der Waals surface area contributed by atoms with Gasteiger partial charge in [-0.25, -0.2) is 9.97 Å². The van der Waals surface area contributed by atoms with Crippen molar-refractivity contribution in [3.05, 3.63) is 54.1 Å². The van der Waals surface area contributed by atoms with E-state index < -0.39 is 0 Å². The summed E-state index contributed by atoms with van der Waals surface area (Å²) < 4.78 is 0. The molecule has 1 atom stereocenters. The van der Waals surface area contributed by atoms with E-state index >= 15 is 0 Å². The molecule has 2 aromatic rings. The lowest BCUT2D eigenvalue weighted by Crippen LogP contribution is -2.54. The number of aromatic nitrogens is 2. The van der Waals surface area contributed by atoms with E-state index in [0.29, 0.717) is 6.04 Å². The molecule has 0 saturated heterocycles. The Bertz CT molecular complexity index is 367. The van der Waals surface area contributed by atoms with Crippen LogP contribution < -0.4 is 10.7 Å². The van der Waals surface area contributed by atoms with Crippen LogP contribution in [0.4, 0.5) is 0 Å². The highest BCUT2D eigenvalue weighted by atomic mass is 14.9. The third-order valence-corrected chi connectivity index (χ3v) is 2.32. The van der Waals surface area contributed by atoms with Crippen molar-refractivity contribution in [1.82, 2.24) is 4.98 Å². The highest BCUT2D eigenvalue weighted by Crippen LogP contribution is 2.10. The molecule has 5 N–H and O–H groups in total. The number of quaternary nitrogens is 1. The number of hydrogen-bond acceptors (Lipinski definition) is 0. The van der Waals surface area contributed by atoms with Crippen LogP contribution in [0.3, 0.4) is 0 Å². The number of nitrogens with one attached hydrogen (secondary N) is 2. The van der Waals surface area contributed by atoms with Gasteiger partial charge in [-0.15, -0.1) is 0 Å². The second-order valence-corrected chi connectivity index (χ2v) is 3.41. The van der Waals surface area contributed by atoms with Gasteiger partial charge in [0.1, 0.15) is 24.9 Å². The van der Waals surface area contributed by atoms with Crippen molar-refractivity contribution in [1.29, 1.82) is 0 Å². The molecule has 0 aliphatic heterocycles. The first-order valence-electron chi connectivity index (χ1n) is 4.78. The van der Waals surface area contributed by atoms with Gasteiger partial charge in [0.2, 0.25) is 0 Å². The van der Waals surface area contributed by atoms with Gasteiger partial charge in [-0.3, -0.25) is 0 Å². The quantitative estimate of drug-likeness (QED) is 0.700. The Labute approximate surface area is 83.0 Å². The second-order valence-electron chi connectivity index (χ2n) is 3.41. The van der Waals surface area contributed by atoms with Gasteiger partial charge in [-0.05, 0) is 0 Å². The molecule has 0 spiro atoms. The minimum Gasteiger partial charge on any atom is -0.351 e. The van der Waals surface area contributed by atoms with Crippen molar-refractivity contribution in [3.8, 4) is 0 Å². The summed E-state index contributed by atoms with van der Waals surface area (Å²) in [6, 6.07) is 10.6. The van der Waals surface area contributed by atoms with Crippen molar-refractivity contribution in [2.75, 3.05) is 0 Å². The summed E-state index contributed by atoms with van der Waals surface area (Å²) >= 11 is 0. The topological polar surface area (TPSA) is 57.6 Å². The smallest absolute Gasteiger partial charge is 0.258 e. The first kappa shape index (κ1) is 8.97. The van der Waals surface area contributed by atoms with Gasteiger partial charge in [0.05, 0.1) is 0 Å². The maximum atomic E-state index is 4.14. The molecule has 0 unspecified atom stereocenters. The molecule has 0 radical (unpaired) electrons. The Morgan fingerprint density at radius 1 is 1.29 bits per heavy atom. The van der Waals surface area contributed by atoms with Crippen LogP contribution in [0.2, 0.25) is 0 Å². The molecule has 2 rings (SSSR count). The van der Waals surface area contributed by atoms with Crippen LogP contribution in [-0.4, -0.2) is 4.98 Å². The van der Waals surface area contributed by atoms with Crippen LogP contribution in [0.15, 0.2) is 42.7 Å². The molecule has 3 nitrogen and oxygen atoms in total. The average Bonchev–Trinajstić information content (AvgIpc) is 2.72. The largest absolute Gasteiger partial charge is 0.351 e. The van der Waals surface area contributed by atoms with E-state index in [2.05, 4.69) is 27.8 Å². The Morgan fingerprint density at radius 2 is 2.07 bits per heavy atom. The number of aromatic amines is 2. The molecule has 1 aromatic carbocycles. The molecule has 1 heterocycles. The third kappa shape index (κ3) is 2.00. The molecule has 0 aliphatic carbocycles. The van der Waals surface area contributed by atoms with Crippen molar-refractivity contribution in [2.24, 2.45) is 0 Å². The summed E-state index contributed by atoms with van der Waals surface area (Å²) in [5, 5.41) is 0. The number of hydrogen-bond donors (Lipinski definition) is 2. The van der Waals surface area contributed by atoms with Crippen molar-refractivity contribution in [2.45, 2.75) is 12.5 Å². The van der Waals surface area contributed by atoms with Gasteiger partial charge in [-0.1, -0.05) is 30.3 Å². The second kappa shape index (κ2) is 4.07. The fourth-order valence-electron chi connectivity index (χ4n) is 1.53. The first-order chi connectivity index (χ1) is 6.86. The molecule has 0 saturated carbocycles. The fraction of sp³-hybridized carbons (Fsp3) is 0.182. The zero-order valence-electron chi connectivity index (χ0n) is 8.03. The normalized spacial score (nSPS) is 12.6. The summed E-state index contributed by atoms with van der Waals surface area (Å²) in [4.78, 5) is 6.28. The Morgan fingerprint density at radius 3 is 2.71 bits per heavy atom. The Hall–Kier alpha value is -1.61. The van der Waals surface area contributed by atoms with E-state index in [4.69, 9.17) is 0 Å². The van der Waals surface area contributed by atoms with Crippen LogP contribution in [0, 0.1) is 0 Å². The maximum Gasteiger partial charge on any atom is 0.258 e. The number of benzene rings is 1. The lowest BCUT2D eigenvalue weighted by molar-refractivity contribution is -0.441. The van der Waals surface area contributed by atoms with E-state index in [1.807, 2.05) is 30.6 Å². The highest BCUT2D eigenvalue weighted by Gasteiger charge is 2.14. The van der Waals surface area contributed by atoms with E-state index in [1.165, 1.54) is 5.56 Å². The number of H-pyrrole nitrogens is 2. The van der Waals surface area contributed by atoms with Gasteiger partial charge in [0, 0.05) is 5.56 Å².